The molecule has 4 aromatic carbocycles. The summed E-state index contributed by atoms with van der Waals surface area (Å²) in [7, 11) is 0. The van der Waals surface area contributed by atoms with Gasteiger partial charge in [0.25, 0.3) is 0 Å². The van der Waals surface area contributed by atoms with Crippen LogP contribution in [-0.4, -0.2) is 71.0 Å². The maximum absolute atomic E-state index is 13.5. The molecule has 0 saturated carbocycles. The number of carboxylic acids is 2. The van der Waals surface area contributed by atoms with Crippen molar-refractivity contribution in [2.24, 2.45) is 0 Å². The van der Waals surface area contributed by atoms with E-state index in [1.54, 1.807) is 48.6 Å². The molecule has 0 spiro atoms. The summed E-state index contributed by atoms with van der Waals surface area (Å²) in [4.78, 5) is 21.3. The Morgan fingerprint density at radius 3 is 1.31 bits per heavy atom. The Balaban J connectivity index is 0.000000264. The van der Waals surface area contributed by atoms with Crippen molar-refractivity contribution >= 4 is 45.9 Å². The normalized spacial score (nSPS) is 13.7. The van der Waals surface area contributed by atoms with E-state index in [2.05, 4.69) is 36.8 Å². The molecule has 0 bridgehead atoms. The fourth-order valence-corrected chi connectivity index (χ4v) is 7.53. The maximum atomic E-state index is 13.5. The molecule has 0 amide bonds. The number of fused-ring (bicyclic) bond motifs is 2. The van der Waals surface area contributed by atoms with Gasteiger partial charge in [-0.3, -0.25) is 4.79 Å². The summed E-state index contributed by atoms with van der Waals surface area (Å²) in [5.74, 6) is -3.11. The van der Waals surface area contributed by atoms with E-state index in [9.17, 15) is 43.9 Å². The molecule has 0 aliphatic heterocycles. The number of para-hydroxylation sites is 2. The number of carboxylic acid groups (broad SMARTS) is 2. The van der Waals surface area contributed by atoms with Crippen LogP contribution in [0.5, 0.6) is 0 Å². The van der Waals surface area contributed by atoms with Crippen molar-refractivity contribution in [3.05, 3.63) is 132 Å². The minimum atomic E-state index is -1.36. The van der Waals surface area contributed by atoms with Crippen molar-refractivity contribution < 1.29 is 78.6 Å². The molecule has 0 unspecified atom stereocenters. The van der Waals surface area contributed by atoms with Gasteiger partial charge in [-0.15, -0.1) is 0 Å². The van der Waals surface area contributed by atoms with E-state index >= 15 is 0 Å². The van der Waals surface area contributed by atoms with E-state index in [0.717, 1.165) is 55.4 Å². The molecule has 13 heteroatoms. The molecule has 316 valence electrons. The summed E-state index contributed by atoms with van der Waals surface area (Å²) in [5, 5.41) is 61.5. The summed E-state index contributed by atoms with van der Waals surface area (Å²) in [5.41, 5.74) is 7.26. The Morgan fingerprint density at radius 2 is 0.967 bits per heavy atom. The second-order valence-corrected chi connectivity index (χ2v) is 15.3. The monoisotopic (exact) mass is 844 g/mol. The average Bonchev–Trinajstić information content (AvgIpc) is 3.69. The van der Waals surface area contributed by atoms with Gasteiger partial charge in [-0.25, -0.2) is 8.78 Å². The molecule has 0 aliphatic carbocycles. The fraction of sp³-hybridized carbons (Fsp3) is 0.292. The van der Waals surface area contributed by atoms with Crippen LogP contribution >= 0.6 is 0 Å². The zero-order valence-electron chi connectivity index (χ0n) is 35.0. The van der Waals surface area contributed by atoms with E-state index in [1.165, 1.54) is 24.3 Å². The molecule has 6 aromatic rings. The maximum Gasteiger partial charge on any atom is 1.00 e. The quantitative estimate of drug-likeness (QED) is 0.0856. The average molecular weight is 845 g/mol. The molecule has 10 nitrogen and oxygen atoms in total. The minimum Gasteiger partial charge on any atom is -0.550 e. The Hall–Kier alpha value is -4.92. The zero-order chi connectivity index (χ0) is 43.7. The van der Waals surface area contributed by atoms with Crippen molar-refractivity contribution in [2.75, 3.05) is 0 Å². The third-order valence-electron chi connectivity index (χ3n) is 9.99. The van der Waals surface area contributed by atoms with Gasteiger partial charge in [0.15, 0.2) is 0 Å². The first-order valence-corrected chi connectivity index (χ1v) is 19.8. The van der Waals surface area contributed by atoms with Crippen LogP contribution in [-0.2, 0) is 9.59 Å². The van der Waals surface area contributed by atoms with Gasteiger partial charge < -0.3 is 44.6 Å². The van der Waals surface area contributed by atoms with Gasteiger partial charge in [-0.1, -0.05) is 72.8 Å². The molecule has 4 atom stereocenters. The number of aromatic nitrogens is 2. The Morgan fingerprint density at radius 1 is 0.607 bits per heavy atom. The van der Waals surface area contributed by atoms with Crippen molar-refractivity contribution in [1.82, 2.24) is 9.13 Å². The summed E-state index contributed by atoms with van der Waals surface area (Å²) in [6.45, 7) is 8.23. The topological polar surface area (TPSA) is 168 Å². The molecule has 61 heavy (non-hydrogen) atoms. The first-order chi connectivity index (χ1) is 28.5. The SMILES string of the molecule is CC(C)n1c(/C=C/[C@H](O)C[C@H](O)CC(=O)O)c(-c2ccc(F)cc2)c2ccccc21.CC(C)n1c(/C=C/[C@H](O)C[C@H](O)CC(=O)[O-])c(-c2ccc(F)cc2)c2ccccc21.[Na+]. The molecule has 0 saturated heterocycles. The Bertz CT molecular complexity index is 2280. The van der Waals surface area contributed by atoms with Crippen LogP contribution in [0.1, 0.15) is 76.8 Å². The zero-order valence-corrected chi connectivity index (χ0v) is 37.0. The van der Waals surface area contributed by atoms with Crippen molar-refractivity contribution in [3.63, 3.8) is 0 Å². The third-order valence-corrected chi connectivity index (χ3v) is 9.99. The van der Waals surface area contributed by atoms with Gasteiger partial charge >= 0.3 is 35.5 Å². The number of rotatable bonds is 16. The standard InChI is InChI=1S/2C24H26FNO4.Na/c2*1-15(2)26-21-6-4-3-5-20(21)24(16-7-9-17(25)10-8-16)22(26)12-11-18(27)13-19(28)14-23(29)30;/h2*3-12,15,18-19,27-28H,13-14H2,1-2H3,(H,29,30);/q;;+1/p-1/b2*12-11+;/t2*18-,19-;/m00./s1. The van der Waals surface area contributed by atoms with Crippen molar-refractivity contribution in [2.45, 2.75) is 89.9 Å². The molecule has 6 rings (SSSR count). The second-order valence-electron chi connectivity index (χ2n) is 15.3. The van der Waals surface area contributed by atoms with E-state index in [0.29, 0.717) is 0 Å². The van der Waals surface area contributed by atoms with E-state index < -0.39 is 49.2 Å². The van der Waals surface area contributed by atoms with E-state index in [-0.39, 0.29) is 66.1 Å². The summed E-state index contributed by atoms with van der Waals surface area (Å²) < 4.78 is 31.3. The van der Waals surface area contributed by atoms with Gasteiger partial charge in [0.05, 0.1) is 30.8 Å². The molecule has 0 fully saturated rings. The van der Waals surface area contributed by atoms with Crippen LogP contribution in [0.25, 0.3) is 56.2 Å². The van der Waals surface area contributed by atoms with Gasteiger partial charge in [0, 0.05) is 81.6 Å². The van der Waals surface area contributed by atoms with Crippen molar-refractivity contribution in [3.8, 4) is 22.3 Å². The van der Waals surface area contributed by atoms with Crippen LogP contribution in [0.2, 0.25) is 0 Å². The van der Waals surface area contributed by atoms with E-state index in [1.807, 2.05) is 48.5 Å². The van der Waals surface area contributed by atoms with Gasteiger partial charge in [-0.2, -0.15) is 0 Å². The smallest absolute Gasteiger partial charge is 0.550 e. The van der Waals surface area contributed by atoms with Crippen LogP contribution < -0.4 is 34.7 Å². The predicted octanol–water partition coefficient (Wildman–Crippen LogP) is 4.93. The van der Waals surface area contributed by atoms with Gasteiger partial charge in [0.2, 0.25) is 0 Å². The molecule has 2 heterocycles. The number of aliphatic hydroxyl groups is 4. The van der Waals surface area contributed by atoms with Crippen LogP contribution in [0.3, 0.4) is 0 Å². The number of carbonyl (C=O) groups is 2. The number of hydrogen-bond donors (Lipinski definition) is 5. The number of hydrogen-bond acceptors (Lipinski definition) is 7. The van der Waals surface area contributed by atoms with Crippen molar-refractivity contribution in [1.29, 1.82) is 0 Å². The number of aliphatic hydroxyl groups excluding tert-OH is 4. The largest absolute Gasteiger partial charge is 1.00 e. The molecular formula is C48H51F2N2NaO8. The first-order valence-electron chi connectivity index (χ1n) is 19.8. The van der Waals surface area contributed by atoms with Crippen LogP contribution in [0.4, 0.5) is 8.78 Å². The Labute approximate surface area is 376 Å². The summed E-state index contributed by atoms with van der Waals surface area (Å²) >= 11 is 0. The summed E-state index contributed by atoms with van der Waals surface area (Å²) in [6.07, 6.45) is 1.18. The third kappa shape index (κ3) is 12.6. The van der Waals surface area contributed by atoms with Gasteiger partial charge in [0.1, 0.15) is 11.6 Å². The number of nitrogens with zero attached hydrogens (tertiary/aromatic N) is 2. The fourth-order valence-electron chi connectivity index (χ4n) is 7.53. The number of aliphatic carboxylic acids is 2. The number of halogens is 2. The molecule has 0 aliphatic rings. The van der Waals surface area contributed by atoms with Gasteiger partial charge in [-0.05, 0) is 87.4 Å². The second kappa shape index (κ2) is 22.3. The summed E-state index contributed by atoms with van der Waals surface area (Å²) in [6, 6.07) is 28.7. The van der Waals surface area contributed by atoms with Crippen LogP contribution in [0.15, 0.2) is 109 Å². The predicted molar refractivity (Wildman–Crippen MR) is 229 cm³/mol. The minimum absolute atomic E-state index is 0. The molecule has 2 aromatic heterocycles. The molecule has 5 N–H and O–H groups in total. The van der Waals surface area contributed by atoms with Crippen LogP contribution in [0, 0.1) is 11.6 Å². The van der Waals surface area contributed by atoms with E-state index in [4.69, 9.17) is 5.11 Å². The molecule has 0 radical (unpaired) electrons. The number of carbonyl (C=O) groups excluding carboxylic acids is 1. The molecular weight excluding hydrogens is 794 g/mol. The Kier molecular flexibility index (Phi) is 17.8. The first kappa shape index (κ1) is 48.7. The number of benzene rings is 4.